The minimum atomic E-state index is -1.05. The topological polar surface area (TPSA) is 105 Å². The first-order valence-corrected chi connectivity index (χ1v) is 13.3. The summed E-state index contributed by atoms with van der Waals surface area (Å²) in [6.45, 7) is 8.03. The van der Waals surface area contributed by atoms with Crippen molar-refractivity contribution in [1.29, 1.82) is 0 Å². The zero-order valence-electron chi connectivity index (χ0n) is 23.2. The second-order valence-electron chi connectivity index (χ2n) is 11.4. The zero-order chi connectivity index (χ0) is 28.9. The summed E-state index contributed by atoms with van der Waals surface area (Å²) >= 11 is 0. The number of carbonyl (C=O) groups excluding carboxylic acids is 2. The highest BCUT2D eigenvalue weighted by molar-refractivity contribution is 6.03. The Hall–Kier alpha value is -3.67. The number of hydrogen-bond donors (Lipinski definition) is 1. The average molecular weight is 561 g/mol. The largest absolute Gasteiger partial charge is 0.507 e. The van der Waals surface area contributed by atoms with E-state index < -0.39 is 52.3 Å². The number of halogens is 2. The predicted octanol–water partition coefficient (Wildman–Crippen LogP) is 3.80. The number of phenols is 1. The van der Waals surface area contributed by atoms with Crippen molar-refractivity contribution in [3.8, 4) is 22.8 Å². The molecule has 0 radical (unpaired) electrons. The van der Waals surface area contributed by atoms with Gasteiger partial charge in [-0.15, -0.1) is 0 Å². The van der Waals surface area contributed by atoms with Gasteiger partial charge in [-0.2, -0.15) is 0 Å². The fourth-order valence-corrected chi connectivity index (χ4v) is 5.51. The SMILES string of the molecule is CO[C@H]1C[C@H](C)N(c2nc(-c3c(O)cccc3F)c(F)c3c2C(=O)N2CCN(C(=O)OC(C)(C)C)C[C@@H]2CO3)C1. The van der Waals surface area contributed by atoms with Crippen LogP contribution in [0.25, 0.3) is 11.3 Å². The first kappa shape index (κ1) is 27.9. The summed E-state index contributed by atoms with van der Waals surface area (Å²) in [5.41, 5.74) is -1.65. The van der Waals surface area contributed by atoms with Gasteiger partial charge >= 0.3 is 6.09 Å². The number of hydrogen-bond acceptors (Lipinski definition) is 8. The number of aromatic nitrogens is 1. The summed E-state index contributed by atoms with van der Waals surface area (Å²) in [7, 11) is 1.59. The molecule has 4 heterocycles. The summed E-state index contributed by atoms with van der Waals surface area (Å²) in [6, 6.07) is 2.92. The van der Waals surface area contributed by atoms with Crippen molar-refractivity contribution in [3.63, 3.8) is 0 Å². The number of rotatable bonds is 3. The molecule has 2 amide bonds. The van der Waals surface area contributed by atoms with Gasteiger partial charge in [0, 0.05) is 39.3 Å². The third-order valence-corrected chi connectivity index (χ3v) is 7.48. The first-order chi connectivity index (χ1) is 18.9. The van der Waals surface area contributed by atoms with Crippen molar-refractivity contribution in [2.75, 3.05) is 44.8 Å². The monoisotopic (exact) mass is 560 g/mol. The van der Waals surface area contributed by atoms with Crippen LogP contribution in [0.1, 0.15) is 44.5 Å². The number of nitrogens with zero attached hydrogens (tertiary/aromatic N) is 4. The maximum Gasteiger partial charge on any atom is 0.410 e. The number of fused-ring (bicyclic) bond motifs is 2. The normalized spacial score (nSPS) is 22.9. The lowest BCUT2D eigenvalue weighted by Gasteiger charge is -2.40. The number of phenolic OH excluding ortho intramolecular Hbond substituents is 1. The molecule has 3 atom stereocenters. The van der Waals surface area contributed by atoms with Gasteiger partial charge in [-0.05, 0) is 46.2 Å². The van der Waals surface area contributed by atoms with Crippen molar-refractivity contribution < 1.29 is 37.7 Å². The van der Waals surface area contributed by atoms with Crippen LogP contribution in [0.15, 0.2) is 18.2 Å². The molecule has 1 N–H and O–H groups in total. The Kier molecular flexibility index (Phi) is 7.24. The summed E-state index contributed by atoms with van der Waals surface area (Å²) in [6.07, 6.45) is -0.0323. The summed E-state index contributed by atoms with van der Waals surface area (Å²) in [4.78, 5) is 36.2. The molecule has 0 bridgehead atoms. The van der Waals surface area contributed by atoms with Gasteiger partial charge in [0.05, 0.1) is 17.7 Å². The highest BCUT2D eigenvalue weighted by Gasteiger charge is 2.43. The fraction of sp³-hybridized carbons (Fsp3) is 0.536. The van der Waals surface area contributed by atoms with Crippen molar-refractivity contribution >= 4 is 17.8 Å². The molecule has 2 fully saturated rings. The van der Waals surface area contributed by atoms with Crippen molar-refractivity contribution in [1.82, 2.24) is 14.8 Å². The number of pyridine rings is 1. The number of amides is 2. The van der Waals surface area contributed by atoms with Gasteiger partial charge in [0.2, 0.25) is 0 Å². The van der Waals surface area contributed by atoms with Crippen LogP contribution in [0, 0.1) is 11.6 Å². The van der Waals surface area contributed by atoms with Gasteiger partial charge in [0.15, 0.2) is 11.6 Å². The van der Waals surface area contributed by atoms with Crippen molar-refractivity contribution in [2.45, 2.75) is 57.9 Å². The highest BCUT2D eigenvalue weighted by Crippen LogP contribution is 2.43. The van der Waals surface area contributed by atoms with Gasteiger partial charge in [0.1, 0.15) is 40.8 Å². The number of aromatic hydroxyl groups is 1. The maximum absolute atomic E-state index is 16.2. The summed E-state index contributed by atoms with van der Waals surface area (Å²) < 4.78 is 48.1. The number of ether oxygens (including phenoxy) is 3. The Morgan fingerprint density at radius 2 is 1.90 bits per heavy atom. The van der Waals surface area contributed by atoms with E-state index in [1.165, 1.54) is 17.0 Å². The van der Waals surface area contributed by atoms with Gasteiger partial charge in [-0.3, -0.25) is 4.79 Å². The van der Waals surface area contributed by atoms with Crippen LogP contribution in [0.4, 0.5) is 19.4 Å². The van der Waals surface area contributed by atoms with E-state index in [1.54, 1.807) is 32.8 Å². The van der Waals surface area contributed by atoms with Gasteiger partial charge in [-0.1, -0.05) is 6.07 Å². The van der Waals surface area contributed by atoms with Gasteiger partial charge in [-0.25, -0.2) is 18.6 Å². The molecule has 1 aromatic carbocycles. The minimum absolute atomic E-state index is 0.0751. The third-order valence-electron chi connectivity index (χ3n) is 7.48. The van der Waals surface area contributed by atoms with Crippen LogP contribution in [-0.2, 0) is 9.47 Å². The van der Waals surface area contributed by atoms with Crippen LogP contribution >= 0.6 is 0 Å². The summed E-state index contributed by atoms with van der Waals surface area (Å²) in [5, 5.41) is 10.5. The smallest absolute Gasteiger partial charge is 0.410 e. The van der Waals surface area contributed by atoms with Crippen molar-refractivity contribution in [3.05, 3.63) is 35.4 Å². The molecule has 40 heavy (non-hydrogen) atoms. The predicted molar refractivity (Wildman–Crippen MR) is 142 cm³/mol. The van der Waals surface area contributed by atoms with E-state index in [-0.39, 0.29) is 55.5 Å². The quantitative estimate of drug-likeness (QED) is 0.605. The standard InChI is InChI=1S/C28H34F2N4O6/c1-15-11-17(38-5)13-34(15)25-21-24(22(30)23(31-25)20-18(29)7-6-8-19(20)35)39-14-16-12-32(9-10-33(16)26(21)36)27(37)40-28(2,3)4/h6-8,15-17,35H,9-14H2,1-5H3/t15-,16+,17-/m0/s1. The Labute approximate surface area is 231 Å². The molecule has 3 aliphatic rings. The van der Waals surface area contributed by atoms with Crippen LogP contribution in [0.5, 0.6) is 11.5 Å². The molecular weight excluding hydrogens is 526 g/mol. The van der Waals surface area contributed by atoms with E-state index in [4.69, 9.17) is 14.2 Å². The van der Waals surface area contributed by atoms with E-state index in [2.05, 4.69) is 4.98 Å². The molecule has 0 saturated carbocycles. The van der Waals surface area contributed by atoms with Crippen LogP contribution in [0.3, 0.4) is 0 Å². The fourth-order valence-electron chi connectivity index (χ4n) is 5.51. The number of benzene rings is 1. The van der Waals surface area contributed by atoms with Crippen LogP contribution in [-0.4, -0.2) is 95.6 Å². The lowest BCUT2D eigenvalue weighted by Crippen LogP contribution is -2.58. The Bertz CT molecular complexity index is 1310. The van der Waals surface area contributed by atoms with Crippen LogP contribution < -0.4 is 9.64 Å². The second kappa shape index (κ2) is 10.4. The average Bonchev–Trinajstić information content (AvgIpc) is 3.20. The number of anilines is 1. The first-order valence-electron chi connectivity index (χ1n) is 13.3. The Morgan fingerprint density at radius 3 is 2.55 bits per heavy atom. The van der Waals surface area contributed by atoms with E-state index >= 15 is 4.39 Å². The number of piperazine rings is 1. The highest BCUT2D eigenvalue weighted by atomic mass is 19.1. The molecule has 12 heteroatoms. The van der Waals surface area contributed by atoms with E-state index in [1.807, 2.05) is 11.8 Å². The second-order valence-corrected chi connectivity index (χ2v) is 11.4. The molecular formula is C28H34F2N4O6. The van der Waals surface area contributed by atoms with E-state index in [0.29, 0.717) is 13.0 Å². The summed E-state index contributed by atoms with van der Waals surface area (Å²) in [5.74, 6) is -3.15. The third kappa shape index (κ3) is 5.00. The number of methoxy groups -OCH3 is 1. The molecule has 0 aliphatic carbocycles. The van der Waals surface area contributed by atoms with E-state index in [0.717, 1.165) is 6.07 Å². The maximum atomic E-state index is 16.2. The Morgan fingerprint density at radius 1 is 1.15 bits per heavy atom. The van der Waals surface area contributed by atoms with Crippen molar-refractivity contribution in [2.24, 2.45) is 0 Å². The number of carbonyl (C=O) groups is 2. The molecule has 5 rings (SSSR count). The lowest BCUT2D eigenvalue weighted by molar-refractivity contribution is 0.000866. The lowest BCUT2D eigenvalue weighted by atomic mass is 10.0. The molecule has 0 unspecified atom stereocenters. The van der Waals surface area contributed by atoms with Crippen LogP contribution in [0.2, 0.25) is 0 Å². The molecule has 1 aromatic heterocycles. The molecule has 216 valence electrons. The molecule has 2 saturated heterocycles. The minimum Gasteiger partial charge on any atom is -0.507 e. The van der Waals surface area contributed by atoms with Gasteiger partial charge in [0.25, 0.3) is 5.91 Å². The van der Waals surface area contributed by atoms with Gasteiger partial charge < -0.3 is 34.0 Å². The zero-order valence-corrected chi connectivity index (χ0v) is 23.2. The molecule has 2 aromatic rings. The molecule has 3 aliphatic heterocycles. The molecule has 10 nitrogen and oxygen atoms in total. The Balaban J connectivity index is 1.59. The van der Waals surface area contributed by atoms with E-state index in [9.17, 15) is 19.1 Å². The molecule has 0 spiro atoms.